The fourth-order valence-electron chi connectivity index (χ4n) is 2.66. The van der Waals surface area contributed by atoms with Crippen LogP contribution in [0.3, 0.4) is 0 Å². The molecular formula is C17H23N5O3S. The molecule has 1 amide bonds. The SMILES string of the molecule is CNC(=O)c1coc(Sc2nc(OC)c(N3CCN(C)CC3)nc2C)c1. The number of likely N-dealkylation sites (N-methyl/N-ethyl adjacent to an activating group) is 1. The summed E-state index contributed by atoms with van der Waals surface area (Å²) >= 11 is 1.32. The van der Waals surface area contributed by atoms with Crippen LogP contribution in [0.5, 0.6) is 5.88 Å². The highest BCUT2D eigenvalue weighted by Crippen LogP contribution is 2.34. The summed E-state index contributed by atoms with van der Waals surface area (Å²) in [7, 11) is 5.30. The van der Waals surface area contributed by atoms with Gasteiger partial charge in [-0.25, -0.2) is 9.97 Å². The molecule has 2 aromatic heterocycles. The van der Waals surface area contributed by atoms with Gasteiger partial charge < -0.3 is 24.3 Å². The number of nitrogens with one attached hydrogen (secondary N) is 1. The van der Waals surface area contributed by atoms with E-state index >= 15 is 0 Å². The Morgan fingerprint density at radius 3 is 2.69 bits per heavy atom. The van der Waals surface area contributed by atoms with E-state index in [1.165, 1.54) is 18.0 Å². The molecule has 1 aliphatic heterocycles. The number of nitrogens with zero attached hydrogens (tertiary/aromatic N) is 4. The highest BCUT2D eigenvalue weighted by Gasteiger charge is 2.22. The lowest BCUT2D eigenvalue weighted by Crippen LogP contribution is -2.45. The number of hydrogen-bond donors (Lipinski definition) is 1. The number of amides is 1. The molecule has 0 aliphatic carbocycles. The van der Waals surface area contributed by atoms with Crippen LogP contribution in [-0.4, -0.2) is 68.2 Å². The zero-order chi connectivity index (χ0) is 18.7. The molecule has 140 valence electrons. The van der Waals surface area contributed by atoms with Crippen LogP contribution in [0.25, 0.3) is 0 Å². The number of ether oxygens (including phenoxy) is 1. The van der Waals surface area contributed by atoms with Crippen molar-refractivity contribution >= 4 is 23.5 Å². The molecule has 1 aliphatic rings. The van der Waals surface area contributed by atoms with Gasteiger partial charge in [-0.2, -0.15) is 0 Å². The number of anilines is 1. The van der Waals surface area contributed by atoms with Crippen molar-refractivity contribution in [3.63, 3.8) is 0 Å². The fraction of sp³-hybridized carbons (Fsp3) is 0.471. The van der Waals surface area contributed by atoms with E-state index in [9.17, 15) is 4.79 Å². The summed E-state index contributed by atoms with van der Waals surface area (Å²) in [6.07, 6.45) is 1.43. The Morgan fingerprint density at radius 2 is 2.04 bits per heavy atom. The number of carbonyl (C=O) groups is 1. The van der Waals surface area contributed by atoms with Gasteiger partial charge in [-0.15, -0.1) is 0 Å². The van der Waals surface area contributed by atoms with Gasteiger partial charge in [-0.05, 0) is 25.7 Å². The third-order valence-electron chi connectivity index (χ3n) is 4.24. The summed E-state index contributed by atoms with van der Waals surface area (Å²) in [4.78, 5) is 25.5. The molecule has 3 rings (SSSR count). The Bertz CT molecular complexity index is 787. The van der Waals surface area contributed by atoms with E-state index in [0.29, 0.717) is 21.6 Å². The molecular weight excluding hydrogens is 354 g/mol. The van der Waals surface area contributed by atoms with Crippen molar-refractivity contribution in [2.24, 2.45) is 0 Å². The minimum Gasteiger partial charge on any atom is -0.478 e. The molecule has 1 N–H and O–H groups in total. The van der Waals surface area contributed by atoms with Crippen LogP contribution in [0.2, 0.25) is 0 Å². The molecule has 0 spiro atoms. The summed E-state index contributed by atoms with van der Waals surface area (Å²) in [5, 5.41) is 3.84. The standard InChI is InChI=1S/C17H23N5O3S/c1-11-17(26-13-9-12(10-25-13)15(23)18-2)20-16(24-4)14(19-11)22-7-5-21(3)6-8-22/h9-10H,5-8H2,1-4H3,(H,18,23). The Kier molecular flexibility index (Phi) is 5.67. The van der Waals surface area contributed by atoms with Gasteiger partial charge in [0.15, 0.2) is 10.9 Å². The Labute approximate surface area is 156 Å². The predicted octanol–water partition coefficient (Wildman–Crippen LogP) is 1.65. The van der Waals surface area contributed by atoms with Crippen molar-refractivity contribution in [3.8, 4) is 5.88 Å². The molecule has 26 heavy (non-hydrogen) atoms. The fourth-order valence-corrected chi connectivity index (χ4v) is 3.46. The van der Waals surface area contributed by atoms with Crippen molar-refractivity contribution in [3.05, 3.63) is 23.6 Å². The van der Waals surface area contributed by atoms with E-state index < -0.39 is 0 Å². The van der Waals surface area contributed by atoms with E-state index in [4.69, 9.17) is 14.1 Å². The van der Waals surface area contributed by atoms with Crippen LogP contribution in [0, 0.1) is 6.92 Å². The van der Waals surface area contributed by atoms with E-state index in [-0.39, 0.29) is 5.91 Å². The normalized spacial score (nSPS) is 15.2. The van der Waals surface area contributed by atoms with Gasteiger partial charge >= 0.3 is 0 Å². The minimum absolute atomic E-state index is 0.189. The lowest BCUT2D eigenvalue weighted by Gasteiger charge is -2.33. The number of aromatic nitrogens is 2. The molecule has 0 unspecified atom stereocenters. The van der Waals surface area contributed by atoms with E-state index in [2.05, 4.69) is 27.1 Å². The molecule has 2 aromatic rings. The third kappa shape index (κ3) is 3.94. The molecule has 0 radical (unpaired) electrons. The van der Waals surface area contributed by atoms with Gasteiger partial charge in [0.05, 0.1) is 18.4 Å². The highest BCUT2D eigenvalue weighted by atomic mass is 32.2. The van der Waals surface area contributed by atoms with Gasteiger partial charge in [0, 0.05) is 39.3 Å². The zero-order valence-corrected chi connectivity index (χ0v) is 16.2. The number of hydrogen-bond acceptors (Lipinski definition) is 8. The lowest BCUT2D eigenvalue weighted by atomic mass is 10.3. The first kappa shape index (κ1) is 18.5. The summed E-state index contributed by atoms with van der Waals surface area (Å²) in [5.74, 6) is 1.08. The van der Waals surface area contributed by atoms with Crippen LogP contribution < -0.4 is 15.0 Å². The van der Waals surface area contributed by atoms with Gasteiger partial charge in [0.1, 0.15) is 11.3 Å². The number of aryl methyl sites for hydroxylation is 1. The van der Waals surface area contributed by atoms with Crippen molar-refractivity contribution in [1.82, 2.24) is 20.2 Å². The molecule has 0 aromatic carbocycles. The first-order chi connectivity index (χ1) is 12.5. The molecule has 1 fully saturated rings. The number of rotatable bonds is 5. The topological polar surface area (TPSA) is 83.7 Å². The third-order valence-corrected chi connectivity index (χ3v) is 5.23. The van der Waals surface area contributed by atoms with Gasteiger partial charge in [0.25, 0.3) is 11.8 Å². The van der Waals surface area contributed by atoms with E-state index in [1.54, 1.807) is 20.2 Å². The van der Waals surface area contributed by atoms with E-state index in [0.717, 1.165) is 37.7 Å². The van der Waals surface area contributed by atoms with Crippen molar-refractivity contribution in [2.45, 2.75) is 17.0 Å². The average molecular weight is 377 g/mol. The number of methoxy groups -OCH3 is 1. The summed E-state index contributed by atoms with van der Waals surface area (Å²) in [6.45, 7) is 5.66. The molecule has 0 bridgehead atoms. The van der Waals surface area contributed by atoms with Crippen molar-refractivity contribution < 1.29 is 13.9 Å². The Hall–Kier alpha value is -2.26. The van der Waals surface area contributed by atoms with Crippen molar-refractivity contribution in [1.29, 1.82) is 0 Å². The van der Waals surface area contributed by atoms with Gasteiger partial charge in [-0.3, -0.25) is 4.79 Å². The zero-order valence-electron chi connectivity index (χ0n) is 15.4. The van der Waals surface area contributed by atoms with Crippen LogP contribution in [0.1, 0.15) is 16.1 Å². The quantitative estimate of drug-likeness (QED) is 0.842. The number of piperazine rings is 1. The smallest absolute Gasteiger partial charge is 0.258 e. The van der Waals surface area contributed by atoms with Gasteiger partial charge in [-0.1, -0.05) is 0 Å². The van der Waals surface area contributed by atoms with Crippen LogP contribution in [0.4, 0.5) is 5.82 Å². The van der Waals surface area contributed by atoms with Crippen LogP contribution >= 0.6 is 11.8 Å². The molecule has 3 heterocycles. The number of furan rings is 1. The monoisotopic (exact) mass is 377 g/mol. The first-order valence-corrected chi connectivity index (χ1v) is 9.18. The largest absolute Gasteiger partial charge is 0.478 e. The van der Waals surface area contributed by atoms with Crippen molar-refractivity contribution in [2.75, 3.05) is 52.3 Å². The molecule has 8 nitrogen and oxygen atoms in total. The molecule has 0 atom stereocenters. The summed E-state index contributed by atoms with van der Waals surface area (Å²) < 4.78 is 10.9. The molecule has 0 saturated carbocycles. The maximum atomic E-state index is 11.7. The average Bonchev–Trinajstić information content (AvgIpc) is 3.11. The number of carbonyl (C=O) groups excluding carboxylic acids is 1. The summed E-state index contributed by atoms with van der Waals surface area (Å²) in [5.41, 5.74) is 1.27. The van der Waals surface area contributed by atoms with E-state index in [1.807, 2.05) is 6.92 Å². The second kappa shape index (κ2) is 7.96. The lowest BCUT2D eigenvalue weighted by molar-refractivity contribution is 0.0962. The Morgan fingerprint density at radius 1 is 1.31 bits per heavy atom. The second-order valence-electron chi connectivity index (χ2n) is 6.07. The minimum atomic E-state index is -0.189. The summed E-state index contributed by atoms with van der Waals surface area (Å²) in [6, 6.07) is 1.69. The van der Waals surface area contributed by atoms with Crippen LogP contribution in [0.15, 0.2) is 26.9 Å². The van der Waals surface area contributed by atoms with Crippen LogP contribution in [-0.2, 0) is 0 Å². The highest BCUT2D eigenvalue weighted by molar-refractivity contribution is 7.99. The maximum absolute atomic E-state index is 11.7. The first-order valence-electron chi connectivity index (χ1n) is 8.36. The maximum Gasteiger partial charge on any atom is 0.258 e. The predicted molar refractivity (Wildman–Crippen MR) is 99.3 cm³/mol. The molecule has 9 heteroatoms. The Balaban J connectivity index is 1.82. The molecule has 1 saturated heterocycles. The van der Waals surface area contributed by atoms with Gasteiger partial charge in [0.2, 0.25) is 0 Å². The second-order valence-corrected chi connectivity index (χ2v) is 7.07.